The Morgan fingerprint density at radius 3 is 2.54 bits per heavy atom. The summed E-state index contributed by atoms with van der Waals surface area (Å²) in [4.78, 5) is 30.9. The maximum atomic E-state index is 10.5. The molecule has 0 aliphatic heterocycles. The fraction of sp³-hybridized carbons (Fsp3) is 0. The standard InChI is InChI=1S/C8H6N2O3/c11-4-6-2-1-3-8(9-10-13)7(6)5-12/h1-5H,(H,9,13). The van der Waals surface area contributed by atoms with Gasteiger partial charge in [0.2, 0.25) is 0 Å². The maximum absolute atomic E-state index is 10.5. The Kier molecular flexibility index (Phi) is 2.86. The second-order valence-corrected chi connectivity index (χ2v) is 2.25. The van der Waals surface area contributed by atoms with Crippen LogP contribution in [0.1, 0.15) is 20.7 Å². The normalized spacial score (nSPS) is 8.92. The van der Waals surface area contributed by atoms with E-state index in [0.717, 1.165) is 0 Å². The first-order chi connectivity index (χ1) is 6.33. The van der Waals surface area contributed by atoms with Gasteiger partial charge in [-0.25, -0.2) is 5.43 Å². The zero-order valence-corrected chi connectivity index (χ0v) is 6.56. The summed E-state index contributed by atoms with van der Waals surface area (Å²) in [5, 5.41) is 2.42. The van der Waals surface area contributed by atoms with Crippen LogP contribution in [0, 0.1) is 4.91 Å². The number of hydrogen-bond acceptors (Lipinski definition) is 4. The van der Waals surface area contributed by atoms with Crippen molar-refractivity contribution in [1.29, 1.82) is 0 Å². The van der Waals surface area contributed by atoms with Crippen LogP contribution in [0.25, 0.3) is 0 Å². The first-order valence-electron chi connectivity index (χ1n) is 3.45. The average molecular weight is 178 g/mol. The summed E-state index contributed by atoms with van der Waals surface area (Å²) in [6.45, 7) is 0. The van der Waals surface area contributed by atoms with E-state index >= 15 is 0 Å². The van der Waals surface area contributed by atoms with Gasteiger partial charge in [0.15, 0.2) is 12.6 Å². The summed E-state index contributed by atoms with van der Waals surface area (Å²) >= 11 is 0. The van der Waals surface area contributed by atoms with Crippen molar-refractivity contribution in [3.8, 4) is 0 Å². The molecule has 0 aliphatic carbocycles. The number of carbonyl (C=O) groups is 2. The van der Waals surface area contributed by atoms with Crippen LogP contribution >= 0.6 is 0 Å². The van der Waals surface area contributed by atoms with Crippen LogP contribution in [0.15, 0.2) is 23.5 Å². The maximum Gasteiger partial charge on any atom is 0.152 e. The van der Waals surface area contributed by atoms with Crippen LogP contribution in [0.3, 0.4) is 0 Å². The van der Waals surface area contributed by atoms with E-state index in [1.165, 1.54) is 12.1 Å². The first-order valence-corrected chi connectivity index (χ1v) is 3.45. The van der Waals surface area contributed by atoms with Gasteiger partial charge in [0.1, 0.15) is 0 Å². The highest BCUT2D eigenvalue weighted by Gasteiger charge is 2.05. The molecule has 0 saturated carbocycles. The minimum atomic E-state index is 0.136. The molecule has 66 valence electrons. The number of rotatable bonds is 4. The van der Waals surface area contributed by atoms with E-state index in [4.69, 9.17) is 0 Å². The third-order valence-electron chi connectivity index (χ3n) is 1.55. The van der Waals surface area contributed by atoms with Crippen molar-refractivity contribution in [3.63, 3.8) is 0 Å². The lowest BCUT2D eigenvalue weighted by atomic mass is 10.1. The zero-order valence-electron chi connectivity index (χ0n) is 6.56. The minimum Gasteiger partial charge on any atom is -0.298 e. The third-order valence-corrected chi connectivity index (χ3v) is 1.55. The molecule has 5 nitrogen and oxygen atoms in total. The minimum absolute atomic E-state index is 0.136. The lowest BCUT2D eigenvalue weighted by Gasteiger charge is -2.02. The number of anilines is 1. The Hall–Kier alpha value is -2.04. The van der Waals surface area contributed by atoms with Gasteiger partial charge in [0.05, 0.1) is 11.0 Å². The van der Waals surface area contributed by atoms with Gasteiger partial charge in [-0.15, -0.1) is 4.91 Å². The monoisotopic (exact) mass is 178 g/mol. The van der Waals surface area contributed by atoms with Gasteiger partial charge in [0.25, 0.3) is 0 Å². The van der Waals surface area contributed by atoms with Gasteiger partial charge >= 0.3 is 0 Å². The zero-order chi connectivity index (χ0) is 9.68. The summed E-state index contributed by atoms with van der Waals surface area (Å²) in [5.74, 6) is 0. The SMILES string of the molecule is O=Cc1cccc(NN=O)c1C=O. The van der Waals surface area contributed by atoms with E-state index in [2.05, 4.69) is 10.7 Å². The quantitative estimate of drug-likeness (QED) is 0.429. The molecular formula is C8H6N2O3. The molecule has 0 aliphatic rings. The molecule has 0 heterocycles. The van der Waals surface area contributed by atoms with Crippen molar-refractivity contribution in [2.24, 2.45) is 5.29 Å². The highest BCUT2D eigenvalue weighted by Crippen LogP contribution is 2.16. The lowest BCUT2D eigenvalue weighted by molar-refractivity contribution is 0.109. The predicted molar refractivity (Wildman–Crippen MR) is 46.6 cm³/mol. The second kappa shape index (κ2) is 4.10. The Labute approximate surface area is 73.7 Å². The van der Waals surface area contributed by atoms with Crippen molar-refractivity contribution < 1.29 is 9.59 Å². The molecule has 1 aromatic carbocycles. The van der Waals surface area contributed by atoms with Crippen LogP contribution in [-0.4, -0.2) is 12.6 Å². The number of nitrogens with one attached hydrogen (secondary N) is 1. The number of nitroso groups, excluding NO2 is 1. The van der Waals surface area contributed by atoms with Gasteiger partial charge in [-0.2, -0.15) is 0 Å². The fourth-order valence-corrected chi connectivity index (χ4v) is 0.964. The molecule has 0 spiro atoms. The molecule has 0 fully saturated rings. The average Bonchev–Trinajstić information content (AvgIpc) is 2.18. The van der Waals surface area contributed by atoms with Crippen LogP contribution in [-0.2, 0) is 0 Å². The number of hydrogen-bond donors (Lipinski definition) is 1. The topological polar surface area (TPSA) is 75.6 Å². The van der Waals surface area contributed by atoms with Crippen molar-refractivity contribution in [1.82, 2.24) is 0 Å². The van der Waals surface area contributed by atoms with Gasteiger partial charge < -0.3 is 0 Å². The molecule has 1 N–H and O–H groups in total. The summed E-state index contributed by atoms with van der Waals surface area (Å²) in [6, 6.07) is 4.51. The molecule has 5 heteroatoms. The van der Waals surface area contributed by atoms with E-state index < -0.39 is 0 Å². The van der Waals surface area contributed by atoms with Gasteiger partial charge in [0, 0.05) is 11.1 Å². The Morgan fingerprint density at radius 2 is 2.00 bits per heavy atom. The number of nitrogens with zero attached hydrogens (tertiary/aromatic N) is 1. The molecule has 0 atom stereocenters. The molecule has 13 heavy (non-hydrogen) atoms. The highest BCUT2D eigenvalue weighted by atomic mass is 16.3. The smallest absolute Gasteiger partial charge is 0.152 e. The molecule has 0 unspecified atom stereocenters. The van der Waals surface area contributed by atoms with Crippen LogP contribution in [0.2, 0.25) is 0 Å². The van der Waals surface area contributed by atoms with Gasteiger partial charge in [-0.3, -0.25) is 9.59 Å². The van der Waals surface area contributed by atoms with E-state index in [1.807, 2.05) is 0 Å². The summed E-state index contributed by atoms with van der Waals surface area (Å²) < 4.78 is 0. The molecule has 0 radical (unpaired) electrons. The summed E-state index contributed by atoms with van der Waals surface area (Å²) in [5.41, 5.74) is 2.67. The van der Waals surface area contributed by atoms with E-state index in [0.29, 0.717) is 12.6 Å². The van der Waals surface area contributed by atoms with Crippen molar-refractivity contribution in [2.75, 3.05) is 5.43 Å². The van der Waals surface area contributed by atoms with E-state index in [9.17, 15) is 14.5 Å². The second-order valence-electron chi connectivity index (χ2n) is 2.25. The van der Waals surface area contributed by atoms with Crippen molar-refractivity contribution in [3.05, 3.63) is 34.2 Å². The molecule has 1 rings (SSSR count). The molecule has 1 aromatic rings. The molecular weight excluding hydrogens is 172 g/mol. The molecule has 0 amide bonds. The third kappa shape index (κ3) is 1.76. The molecule has 0 saturated heterocycles. The van der Waals surface area contributed by atoms with E-state index in [1.54, 1.807) is 6.07 Å². The van der Waals surface area contributed by atoms with Crippen LogP contribution in [0.5, 0.6) is 0 Å². The van der Waals surface area contributed by atoms with E-state index in [-0.39, 0.29) is 16.8 Å². The Morgan fingerprint density at radius 1 is 1.23 bits per heavy atom. The number of aldehydes is 2. The largest absolute Gasteiger partial charge is 0.298 e. The van der Waals surface area contributed by atoms with Gasteiger partial charge in [-0.1, -0.05) is 12.1 Å². The Balaban J connectivity index is 3.25. The molecule has 0 bridgehead atoms. The summed E-state index contributed by atoms with van der Waals surface area (Å²) in [6.07, 6.45) is 1.04. The van der Waals surface area contributed by atoms with Crippen molar-refractivity contribution in [2.45, 2.75) is 0 Å². The number of carbonyl (C=O) groups excluding carboxylic acids is 2. The fourth-order valence-electron chi connectivity index (χ4n) is 0.964. The van der Waals surface area contributed by atoms with Crippen LogP contribution in [0.4, 0.5) is 5.69 Å². The Bertz CT molecular complexity index is 349. The van der Waals surface area contributed by atoms with Crippen molar-refractivity contribution >= 4 is 18.3 Å². The number of benzene rings is 1. The molecule has 0 aromatic heterocycles. The lowest BCUT2D eigenvalue weighted by Crippen LogP contribution is -1.97. The highest BCUT2D eigenvalue weighted by molar-refractivity contribution is 5.95. The first kappa shape index (κ1) is 9.05. The predicted octanol–water partition coefficient (Wildman–Crippen LogP) is 1.40. The van der Waals surface area contributed by atoms with Gasteiger partial charge in [-0.05, 0) is 6.07 Å². The summed E-state index contributed by atoms with van der Waals surface area (Å²) in [7, 11) is 0. The van der Waals surface area contributed by atoms with Crippen LogP contribution < -0.4 is 5.43 Å².